The Balaban J connectivity index is 2.65. The summed E-state index contributed by atoms with van der Waals surface area (Å²) in [6.07, 6.45) is 0. The van der Waals surface area contributed by atoms with Crippen LogP contribution < -0.4 is 10.6 Å². The Morgan fingerprint density at radius 1 is 1.11 bits per heavy atom. The minimum atomic E-state index is -0.519. The number of carbonyl (C=O) groups excluding carboxylic acids is 2. The van der Waals surface area contributed by atoms with Crippen molar-refractivity contribution in [1.82, 2.24) is 10.6 Å². The van der Waals surface area contributed by atoms with Gasteiger partial charge in [-0.25, -0.2) is 0 Å². The highest BCUT2D eigenvalue weighted by molar-refractivity contribution is 5.86. The van der Waals surface area contributed by atoms with E-state index in [0.29, 0.717) is 0 Å². The molecule has 18 heavy (non-hydrogen) atoms. The van der Waals surface area contributed by atoms with Crippen LogP contribution in [0.1, 0.15) is 37.9 Å². The average Bonchev–Trinajstić information content (AvgIpc) is 2.28. The monoisotopic (exact) mass is 248 g/mol. The number of carbonyl (C=O) groups is 2. The van der Waals surface area contributed by atoms with Gasteiger partial charge in [-0.2, -0.15) is 0 Å². The number of hydrogen-bond acceptors (Lipinski definition) is 2. The van der Waals surface area contributed by atoms with Gasteiger partial charge in [-0.15, -0.1) is 0 Å². The summed E-state index contributed by atoms with van der Waals surface area (Å²) in [7, 11) is 0. The van der Waals surface area contributed by atoms with E-state index < -0.39 is 6.04 Å². The largest absolute Gasteiger partial charge is 0.348 e. The van der Waals surface area contributed by atoms with Gasteiger partial charge in [0.1, 0.15) is 6.04 Å². The SMILES string of the molecule is CC(=O)N[C@H](C)C(=O)N[C@@H](C)c1ccccc1C. The summed E-state index contributed by atoms with van der Waals surface area (Å²) in [5.41, 5.74) is 2.22. The standard InChI is InChI=1S/C14H20N2O2/c1-9-7-5-6-8-13(9)10(2)16-14(18)11(3)15-12(4)17/h5-8,10-11H,1-4H3,(H,15,17)(H,16,18)/t10-,11+/m0/s1. The molecule has 0 saturated heterocycles. The molecule has 2 amide bonds. The third-order valence-corrected chi connectivity index (χ3v) is 2.83. The first-order valence-corrected chi connectivity index (χ1v) is 6.04. The molecule has 4 nitrogen and oxygen atoms in total. The smallest absolute Gasteiger partial charge is 0.242 e. The lowest BCUT2D eigenvalue weighted by Crippen LogP contribution is -2.44. The number of hydrogen-bond donors (Lipinski definition) is 2. The fourth-order valence-corrected chi connectivity index (χ4v) is 1.86. The predicted molar refractivity (Wildman–Crippen MR) is 71.0 cm³/mol. The lowest BCUT2D eigenvalue weighted by atomic mass is 10.0. The second kappa shape index (κ2) is 6.19. The molecule has 1 aromatic carbocycles. The summed E-state index contributed by atoms with van der Waals surface area (Å²) in [6, 6.07) is 7.32. The lowest BCUT2D eigenvalue weighted by molar-refractivity contribution is -0.128. The summed E-state index contributed by atoms with van der Waals surface area (Å²) >= 11 is 0. The van der Waals surface area contributed by atoms with Crippen molar-refractivity contribution >= 4 is 11.8 Å². The Bertz CT molecular complexity index is 443. The second-order valence-electron chi connectivity index (χ2n) is 4.51. The van der Waals surface area contributed by atoms with Crippen LogP contribution in [-0.4, -0.2) is 17.9 Å². The molecule has 2 atom stereocenters. The summed E-state index contributed by atoms with van der Waals surface area (Å²) in [6.45, 7) is 7.01. The predicted octanol–water partition coefficient (Wildman–Crippen LogP) is 1.70. The van der Waals surface area contributed by atoms with Crippen LogP contribution in [0.5, 0.6) is 0 Å². The highest BCUT2D eigenvalue weighted by Crippen LogP contribution is 2.16. The average molecular weight is 248 g/mol. The van der Waals surface area contributed by atoms with Gasteiger partial charge in [0.25, 0.3) is 0 Å². The Morgan fingerprint density at radius 2 is 1.72 bits per heavy atom. The molecule has 98 valence electrons. The van der Waals surface area contributed by atoms with E-state index in [9.17, 15) is 9.59 Å². The van der Waals surface area contributed by atoms with Crippen LogP contribution in [0.4, 0.5) is 0 Å². The summed E-state index contributed by atoms with van der Waals surface area (Å²) in [5, 5.41) is 5.45. The number of amides is 2. The van der Waals surface area contributed by atoms with Crippen LogP contribution >= 0.6 is 0 Å². The van der Waals surface area contributed by atoms with E-state index in [1.54, 1.807) is 6.92 Å². The minimum Gasteiger partial charge on any atom is -0.348 e. The summed E-state index contributed by atoms with van der Waals surface area (Å²) in [5.74, 6) is -0.387. The van der Waals surface area contributed by atoms with Crippen LogP contribution in [0.3, 0.4) is 0 Å². The van der Waals surface area contributed by atoms with Gasteiger partial charge in [0.15, 0.2) is 0 Å². The Kier molecular flexibility index (Phi) is 4.89. The molecule has 0 heterocycles. The molecule has 0 aromatic heterocycles. The quantitative estimate of drug-likeness (QED) is 0.852. The Morgan fingerprint density at radius 3 is 2.28 bits per heavy atom. The van der Waals surface area contributed by atoms with E-state index in [1.807, 2.05) is 38.1 Å². The van der Waals surface area contributed by atoms with E-state index >= 15 is 0 Å². The fourth-order valence-electron chi connectivity index (χ4n) is 1.86. The van der Waals surface area contributed by atoms with Gasteiger partial charge in [0.2, 0.25) is 11.8 Å². The molecule has 1 aromatic rings. The molecule has 0 spiro atoms. The zero-order valence-corrected chi connectivity index (χ0v) is 11.3. The molecule has 4 heteroatoms. The normalized spacial score (nSPS) is 13.6. The summed E-state index contributed by atoms with van der Waals surface area (Å²) in [4.78, 5) is 22.7. The molecule has 2 N–H and O–H groups in total. The van der Waals surface area contributed by atoms with E-state index in [4.69, 9.17) is 0 Å². The highest BCUT2D eigenvalue weighted by Gasteiger charge is 2.17. The van der Waals surface area contributed by atoms with Crippen molar-refractivity contribution in [2.75, 3.05) is 0 Å². The number of benzene rings is 1. The fraction of sp³-hybridized carbons (Fsp3) is 0.429. The maximum Gasteiger partial charge on any atom is 0.242 e. The highest BCUT2D eigenvalue weighted by atomic mass is 16.2. The molecule has 0 aliphatic rings. The van der Waals surface area contributed by atoms with E-state index in [-0.39, 0.29) is 17.9 Å². The van der Waals surface area contributed by atoms with Crippen molar-refractivity contribution in [2.45, 2.75) is 39.8 Å². The summed E-state index contributed by atoms with van der Waals surface area (Å²) < 4.78 is 0. The van der Waals surface area contributed by atoms with Crippen molar-refractivity contribution < 1.29 is 9.59 Å². The second-order valence-corrected chi connectivity index (χ2v) is 4.51. The number of nitrogens with one attached hydrogen (secondary N) is 2. The van der Waals surface area contributed by atoms with Gasteiger partial charge >= 0.3 is 0 Å². The van der Waals surface area contributed by atoms with Crippen molar-refractivity contribution in [1.29, 1.82) is 0 Å². The van der Waals surface area contributed by atoms with Crippen LogP contribution in [-0.2, 0) is 9.59 Å². The van der Waals surface area contributed by atoms with Crippen LogP contribution in [0.2, 0.25) is 0 Å². The van der Waals surface area contributed by atoms with Crippen molar-refractivity contribution in [3.8, 4) is 0 Å². The molecule has 1 rings (SSSR count). The molecule has 0 radical (unpaired) electrons. The third kappa shape index (κ3) is 3.87. The molecular formula is C14H20N2O2. The molecule has 0 saturated carbocycles. The van der Waals surface area contributed by atoms with Crippen molar-refractivity contribution in [2.24, 2.45) is 0 Å². The zero-order chi connectivity index (χ0) is 13.7. The van der Waals surface area contributed by atoms with Crippen molar-refractivity contribution in [3.05, 3.63) is 35.4 Å². The van der Waals surface area contributed by atoms with Crippen molar-refractivity contribution in [3.63, 3.8) is 0 Å². The first kappa shape index (κ1) is 14.2. The molecule has 0 fully saturated rings. The molecule has 0 aliphatic heterocycles. The van der Waals surface area contributed by atoms with E-state index in [0.717, 1.165) is 11.1 Å². The minimum absolute atomic E-state index is 0.0742. The van der Waals surface area contributed by atoms with Gasteiger partial charge in [-0.3, -0.25) is 9.59 Å². The van der Waals surface area contributed by atoms with Crippen LogP contribution in [0, 0.1) is 6.92 Å². The number of rotatable bonds is 4. The molecular weight excluding hydrogens is 228 g/mol. The van der Waals surface area contributed by atoms with Crippen LogP contribution in [0.25, 0.3) is 0 Å². The van der Waals surface area contributed by atoms with E-state index in [2.05, 4.69) is 10.6 Å². The lowest BCUT2D eigenvalue weighted by Gasteiger charge is -2.19. The van der Waals surface area contributed by atoms with Gasteiger partial charge in [-0.05, 0) is 31.9 Å². The molecule has 0 aliphatic carbocycles. The van der Waals surface area contributed by atoms with Gasteiger partial charge in [0.05, 0.1) is 6.04 Å². The van der Waals surface area contributed by atoms with Gasteiger partial charge in [-0.1, -0.05) is 24.3 Å². The number of aryl methyl sites for hydroxylation is 1. The molecule has 0 bridgehead atoms. The Labute approximate surface area is 108 Å². The third-order valence-electron chi connectivity index (χ3n) is 2.83. The Hall–Kier alpha value is -1.84. The van der Waals surface area contributed by atoms with Crippen LogP contribution in [0.15, 0.2) is 24.3 Å². The zero-order valence-electron chi connectivity index (χ0n) is 11.3. The molecule has 0 unspecified atom stereocenters. The van der Waals surface area contributed by atoms with Gasteiger partial charge < -0.3 is 10.6 Å². The topological polar surface area (TPSA) is 58.2 Å². The maximum absolute atomic E-state index is 11.8. The first-order chi connectivity index (χ1) is 8.41. The van der Waals surface area contributed by atoms with Gasteiger partial charge in [0, 0.05) is 6.92 Å². The van der Waals surface area contributed by atoms with E-state index in [1.165, 1.54) is 6.92 Å². The maximum atomic E-state index is 11.8. The first-order valence-electron chi connectivity index (χ1n) is 6.04.